The van der Waals surface area contributed by atoms with E-state index in [0.29, 0.717) is 21.9 Å². The van der Waals surface area contributed by atoms with E-state index in [1.54, 1.807) is 48.5 Å². The summed E-state index contributed by atoms with van der Waals surface area (Å²) in [6, 6.07) is 13.8. The van der Waals surface area contributed by atoms with E-state index in [1.807, 2.05) is 6.07 Å². The fraction of sp³-hybridized carbons (Fsp3) is 0.125. The molecular weight excluding hydrogens is 324 g/mol. The first-order valence-corrected chi connectivity index (χ1v) is 8.33. The van der Waals surface area contributed by atoms with Gasteiger partial charge in [-0.25, -0.2) is 0 Å². The lowest BCUT2D eigenvalue weighted by atomic mass is 10.1. The van der Waals surface area contributed by atoms with E-state index in [-0.39, 0.29) is 4.91 Å². The molecule has 22 heavy (non-hydrogen) atoms. The molecule has 114 valence electrons. The maximum absolute atomic E-state index is 12.4. The largest absolute Gasteiger partial charge is 0.378 e. The van der Waals surface area contributed by atoms with Crippen LogP contribution >= 0.6 is 11.6 Å². The molecule has 1 unspecified atom stereocenters. The van der Waals surface area contributed by atoms with Gasteiger partial charge in [-0.15, -0.1) is 0 Å². The SMILES string of the molecule is COC(C1=Cc2ccccc2OS1(=O)=O)c1ccc(Cl)cc1. The quantitative estimate of drug-likeness (QED) is 0.800. The average molecular weight is 337 g/mol. The second kappa shape index (κ2) is 5.76. The molecule has 1 aliphatic heterocycles. The van der Waals surface area contributed by atoms with E-state index in [0.717, 1.165) is 0 Å². The molecule has 2 aromatic rings. The molecule has 0 bridgehead atoms. The van der Waals surface area contributed by atoms with Crippen LogP contribution in [0.15, 0.2) is 53.4 Å². The van der Waals surface area contributed by atoms with Gasteiger partial charge in [0.2, 0.25) is 0 Å². The molecule has 0 amide bonds. The molecule has 0 fully saturated rings. The van der Waals surface area contributed by atoms with Crippen molar-refractivity contribution in [1.82, 2.24) is 0 Å². The molecule has 3 rings (SSSR count). The Morgan fingerprint density at radius 2 is 1.77 bits per heavy atom. The van der Waals surface area contributed by atoms with Crippen LogP contribution in [0, 0.1) is 0 Å². The second-order valence-corrected chi connectivity index (χ2v) is 6.77. The van der Waals surface area contributed by atoms with E-state index >= 15 is 0 Å². The number of hydrogen-bond donors (Lipinski definition) is 0. The summed E-state index contributed by atoms with van der Waals surface area (Å²) in [5.41, 5.74) is 1.38. The third-order valence-corrected chi connectivity index (χ3v) is 4.93. The van der Waals surface area contributed by atoms with Gasteiger partial charge in [0.1, 0.15) is 16.8 Å². The fourth-order valence-corrected chi connectivity index (χ4v) is 3.70. The predicted octanol–water partition coefficient (Wildman–Crippen LogP) is 3.79. The minimum absolute atomic E-state index is 0.0658. The van der Waals surface area contributed by atoms with Crippen LogP contribution in [0.1, 0.15) is 17.2 Å². The van der Waals surface area contributed by atoms with Crippen molar-refractivity contribution in [1.29, 1.82) is 0 Å². The lowest BCUT2D eigenvalue weighted by Crippen LogP contribution is -2.21. The molecule has 0 aromatic heterocycles. The van der Waals surface area contributed by atoms with Gasteiger partial charge in [-0.1, -0.05) is 41.9 Å². The highest BCUT2D eigenvalue weighted by atomic mass is 35.5. The molecule has 0 aliphatic carbocycles. The normalized spacial score (nSPS) is 17.1. The third-order valence-electron chi connectivity index (χ3n) is 3.37. The van der Waals surface area contributed by atoms with Gasteiger partial charge in [-0.2, -0.15) is 8.42 Å². The van der Waals surface area contributed by atoms with Crippen LogP contribution in [-0.4, -0.2) is 15.5 Å². The summed E-state index contributed by atoms with van der Waals surface area (Å²) < 4.78 is 35.3. The van der Waals surface area contributed by atoms with Gasteiger partial charge in [0.15, 0.2) is 0 Å². The van der Waals surface area contributed by atoms with Crippen LogP contribution in [0.25, 0.3) is 6.08 Å². The number of hydrogen-bond acceptors (Lipinski definition) is 4. The van der Waals surface area contributed by atoms with E-state index in [2.05, 4.69) is 0 Å². The Bertz CT molecular complexity index is 825. The highest BCUT2D eigenvalue weighted by Gasteiger charge is 2.33. The zero-order valence-corrected chi connectivity index (χ0v) is 13.3. The molecule has 1 aliphatic rings. The van der Waals surface area contributed by atoms with E-state index in [9.17, 15) is 8.42 Å². The van der Waals surface area contributed by atoms with Gasteiger partial charge in [0, 0.05) is 17.7 Å². The summed E-state index contributed by atoms with van der Waals surface area (Å²) in [5.74, 6) is 0.317. The standard InChI is InChI=1S/C16H13ClO4S/c1-20-16(11-6-8-13(17)9-7-11)15-10-12-4-2-3-5-14(12)21-22(15,18)19/h2-10,16H,1H3. The lowest BCUT2D eigenvalue weighted by molar-refractivity contribution is 0.138. The number of fused-ring (bicyclic) bond motifs is 1. The summed E-state index contributed by atoms with van der Waals surface area (Å²) in [4.78, 5) is 0.0658. The van der Waals surface area contributed by atoms with Gasteiger partial charge in [-0.05, 0) is 29.8 Å². The molecule has 0 saturated carbocycles. The summed E-state index contributed by atoms with van der Waals surface area (Å²) >= 11 is 5.87. The third kappa shape index (κ3) is 2.75. The van der Waals surface area contributed by atoms with Crippen molar-refractivity contribution in [3.8, 4) is 5.75 Å². The van der Waals surface area contributed by atoms with Crippen molar-refractivity contribution in [2.45, 2.75) is 6.10 Å². The summed E-state index contributed by atoms with van der Waals surface area (Å²) in [6.07, 6.45) is 0.826. The molecule has 0 N–H and O–H groups in total. The van der Waals surface area contributed by atoms with Crippen LogP contribution in [-0.2, 0) is 14.9 Å². The Labute approximate surface area is 134 Å². The zero-order chi connectivity index (χ0) is 15.7. The van der Waals surface area contributed by atoms with Crippen molar-refractivity contribution >= 4 is 27.8 Å². The van der Waals surface area contributed by atoms with Crippen molar-refractivity contribution < 1.29 is 17.3 Å². The number of rotatable bonds is 3. The van der Waals surface area contributed by atoms with Gasteiger partial charge < -0.3 is 8.92 Å². The first kappa shape index (κ1) is 15.1. The molecule has 0 saturated heterocycles. The minimum atomic E-state index is -3.90. The average Bonchev–Trinajstić information content (AvgIpc) is 2.49. The molecule has 0 spiro atoms. The molecule has 0 radical (unpaired) electrons. The number of ether oxygens (including phenoxy) is 1. The highest BCUT2D eigenvalue weighted by Crippen LogP contribution is 2.38. The zero-order valence-electron chi connectivity index (χ0n) is 11.7. The van der Waals surface area contributed by atoms with Crippen LogP contribution in [0.2, 0.25) is 5.02 Å². The van der Waals surface area contributed by atoms with Crippen LogP contribution in [0.5, 0.6) is 5.75 Å². The molecule has 1 heterocycles. The Hall–Kier alpha value is -1.82. The van der Waals surface area contributed by atoms with Crippen LogP contribution < -0.4 is 4.18 Å². The van der Waals surface area contributed by atoms with Crippen molar-refractivity contribution in [2.24, 2.45) is 0 Å². The number of halogens is 1. The first-order valence-electron chi connectivity index (χ1n) is 6.54. The second-order valence-electron chi connectivity index (χ2n) is 4.79. The summed E-state index contributed by atoms with van der Waals surface area (Å²) in [5, 5.41) is 0.570. The molecule has 4 nitrogen and oxygen atoms in total. The molecular formula is C16H13ClO4S. The van der Waals surface area contributed by atoms with E-state index < -0.39 is 16.2 Å². The van der Waals surface area contributed by atoms with Crippen molar-refractivity contribution in [2.75, 3.05) is 7.11 Å². The molecule has 2 aromatic carbocycles. The number of methoxy groups -OCH3 is 1. The van der Waals surface area contributed by atoms with Gasteiger partial charge >= 0.3 is 10.1 Å². The van der Waals surface area contributed by atoms with E-state index in [1.165, 1.54) is 7.11 Å². The summed E-state index contributed by atoms with van der Waals surface area (Å²) in [6.45, 7) is 0. The van der Waals surface area contributed by atoms with Crippen LogP contribution in [0.4, 0.5) is 0 Å². The first-order chi connectivity index (χ1) is 10.5. The molecule has 1 atom stereocenters. The summed E-state index contributed by atoms with van der Waals surface area (Å²) in [7, 11) is -2.45. The number of para-hydroxylation sites is 1. The molecule has 6 heteroatoms. The maximum atomic E-state index is 12.4. The van der Waals surface area contributed by atoms with Gasteiger partial charge in [0.25, 0.3) is 0 Å². The Morgan fingerprint density at radius 3 is 2.45 bits per heavy atom. The highest BCUT2D eigenvalue weighted by molar-refractivity contribution is 7.91. The van der Waals surface area contributed by atoms with Gasteiger partial charge in [0.05, 0.1) is 0 Å². The van der Waals surface area contributed by atoms with Crippen molar-refractivity contribution in [3.63, 3.8) is 0 Å². The van der Waals surface area contributed by atoms with Gasteiger partial charge in [-0.3, -0.25) is 0 Å². The smallest absolute Gasteiger partial charge is 0.338 e. The minimum Gasteiger partial charge on any atom is -0.378 e. The van der Waals surface area contributed by atoms with E-state index in [4.69, 9.17) is 20.5 Å². The monoisotopic (exact) mass is 336 g/mol. The predicted molar refractivity (Wildman–Crippen MR) is 85.2 cm³/mol. The van der Waals surface area contributed by atoms with Crippen LogP contribution in [0.3, 0.4) is 0 Å². The Balaban J connectivity index is 2.11. The van der Waals surface area contributed by atoms with Crippen molar-refractivity contribution in [3.05, 3.63) is 69.6 Å². The maximum Gasteiger partial charge on any atom is 0.338 e. The fourth-order valence-electron chi connectivity index (χ4n) is 2.33. The topological polar surface area (TPSA) is 52.6 Å². The lowest BCUT2D eigenvalue weighted by Gasteiger charge is -2.23. The Kier molecular flexibility index (Phi) is 3.95. The number of benzene rings is 2. The Morgan fingerprint density at radius 1 is 1.09 bits per heavy atom.